The van der Waals surface area contributed by atoms with Gasteiger partial charge >= 0.3 is 0 Å². The molecule has 2 rings (SSSR count). The lowest BCUT2D eigenvalue weighted by Crippen LogP contribution is -2.51. The van der Waals surface area contributed by atoms with Crippen molar-refractivity contribution in [2.75, 3.05) is 38.1 Å². The number of piperazine rings is 1. The molecule has 0 saturated carbocycles. The van der Waals surface area contributed by atoms with E-state index in [0.717, 1.165) is 50.4 Å². The van der Waals surface area contributed by atoms with E-state index < -0.39 is 0 Å². The van der Waals surface area contributed by atoms with Crippen LogP contribution in [0.5, 0.6) is 0 Å². The van der Waals surface area contributed by atoms with Crippen LogP contribution in [0.15, 0.2) is 18.2 Å². The fourth-order valence-corrected chi connectivity index (χ4v) is 2.93. The molecule has 0 aliphatic carbocycles. The second-order valence-corrected chi connectivity index (χ2v) is 5.73. The Morgan fingerprint density at radius 3 is 2.81 bits per heavy atom. The number of nitrogens with one attached hydrogen (secondary N) is 1. The Morgan fingerprint density at radius 1 is 1.33 bits per heavy atom. The maximum atomic E-state index is 9.47. The Balaban J connectivity index is 2.17. The summed E-state index contributed by atoms with van der Waals surface area (Å²) in [7, 11) is 2.19. The van der Waals surface area contributed by atoms with Gasteiger partial charge in [-0.15, -0.1) is 0 Å². The predicted molar refractivity (Wildman–Crippen MR) is 87.5 cm³/mol. The number of anilines is 1. The van der Waals surface area contributed by atoms with Crippen LogP contribution in [0.25, 0.3) is 0 Å². The summed E-state index contributed by atoms with van der Waals surface area (Å²) in [5, 5.41) is 12.8. The van der Waals surface area contributed by atoms with E-state index in [4.69, 9.17) is 0 Å². The van der Waals surface area contributed by atoms with Gasteiger partial charge in [-0.25, -0.2) is 0 Å². The minimum Gasteiger partial charge on any atom is -0.368 e. The third-order valence-electron chi connectivity index (χ3n) is 4.35. The number of nitriles is 1. The zero-order chi connectivity index (χ0) is 15.2. The predicted octanol–water partition coefficient (Wildman–Crippen LogP) is 2.20. The molecular weight excluding hydrogens is 260 g/mol. The first-order valence-electron chi connectivity index (χ1n) is 7.88. The Bertz CT molecular complexity index is 506. The minimum atomic E-state index is 0.576. The fourth-order valence-electron chi connectivity index (χ4n) is 2.93. The normalized spacial score (nSPS) is 19.5. The van der Waals surface area contributed by atoms with E-state index in [9.17, 15) is 5.26 Å². The van der Waals surface area contributed by atoms with Crippen molar-refractivity contribution >= 4 is 5.69 Å². The molecule has 114 valence electrons. The fraction of sp³-hybridized carbons (Fsp3) is 0.588. The smallest absolute Gasteiger partial charge is 0.101 e. The highest BCUT2D eigenvalue weighted by Crippen LogP contribution is 2.24. The van der Waals surface area contributed by atoms with Gasteiger partial charge in [-0.2, -0.15) is 5.26 Å². The maximum absolute atomic E-state index is 9.47. The molecule has 1 atom stereocenters. The first-order valence-corrected chi connectivity index (χ1v) is 7.88. The second-order valence-electron chi connectivity index (χ2n) is 5.73. The van der Waals surface area contributed by atoms with E-state index in [1.807, 2.05) is 6.07 Å². The highest BCUT2D eigenvalue weighted by atomic mass is 15.3. The zero-order valence-corrected chi connectivity index (χ0v) is 13.4. The summed E-state index contributed by atoms with van der Waals surface area (Å²) < 4.78 is 0. The lowest BCUT2D eigenvalue weighted by atomic mass is 10.0. The molecule has 1 N–H and O–H groups in total. The zero-order valence-electron chi connectivity index (χ0n) is 13.4. The lowest BCUT2D eigenvalue weighted by Gasteiger charge is -2.40. The van der Waals surface area contributed by atoms with Gasteiger partial charge < -0.3 is 10.2 Å². The third-order valence-corrected chi connectivity index (χ3v) is 4.35. The molecule has 1 aromatic carbocycles. The quantitative estimate of drug-likeness (QED) is 0.901. The number of likely N-dealkylation sites (N-methyl/N-ethyl adjacent to an activating group) is 1. The van der Waals surface area contributed by atoms with Crippen LogP contribution < -0.4 is 10.2 Å². The number of rotatable bonds is 5. The molecule has 0 aromatic heterocycles. The molecule has 0 amide bonds. The first-order chi connectivity index (χ1) is 10.2. The van der Waals surface area contributed by atoms with Crippen LogP contribution in [0, 0.1) is 11.3 Å². The van der Waals surface area contributed by atoms with Crippen molar-refractivity contribution in [1.29, 1.82) is 5.26 Å². The molecule has 1 aliphatic rings. The molecule has 4 heteroatoms. The van der Waals surface area contributed by atoms with Crippen molar-refractivity contribution < 1.29 is 0 Å². The number of hydrogen-bond acceptors (Lipinski definition) is 4. The van der Waals surface area contributed by atoms with Crippen molar-refractivity contribution in [2.24, 2.45) is 0 Å². The summed E-state index contributed by atoms with van der Waals surface area (Å²) in [4.78, 5) is 4.78. The van der Waals surface area contributed by atoms with Gasteiger partial charge in [0.15, 0.2) is 0 Å². The van der Waals surface area contributed by atoms with Crippen molar-refractivity contribution in [2.45, 2.75) is 32.9 Å². The van der Waals surface area contributed by atoms with E-state index in [2.05, 4.69) is 54.2 Å². The summed E-state index contributed by atoms with van der Waals surface area (Å²) in [6, 6.07) is 9.22. The van der Waals surface area contributed by atoms with Crippen LogP contribution >= 0.6 is 0 Å². The number of nitrogens with zero attached hydrogens (tertiary/aromatic N) is 3. The molecule has 1 saturated heterocycles. The molecule has 21 heavy (non-hydrogen) atoms. The molecule has 4 nitrogen and oxygen atoms in total. The molecule has 1 heterocycles. The molecular formula is C17H26N4. The average Bonchev–Trinajstić information content (AvgIpc) is 2.53. The Kier molecular flexibility index (Phi) is 5.60. The summed E-state index contributed by atoms with van der Waals surface area (Å²) in [6.45, 7) is 9.15. The van der Waals surface area contributed by atoms with E-state index in [-0.39, 0.29) is 0 Å². The molecule has 0 spiro atoms. The highest BCUT2D eigenvalue weighted by molar-refractivity contribution is 5.61. The van der Waals surface area contributed by atoms with Crippen LogP contribution in [0.2, 0.25) is 0 Å². The second kappa shape index (κ2) is 7.44. The standard InChI is InChI=1S/C17H26N4/c1-4-16-13-21(9-8-20(16)3)17-7-6-14(12-19-5-2)10-15(17)11-18/h6-7,10,16,19H,4-5,8-9,12-13H2,1-3H3. The van der Waals surface area contributed by atoms with Gasteiger partial charge in [0.05, 0.1) is 11.3 Å². The van der Waals surface area contributed by atoms with Gasteiger partial charge in [-0.3, -0.25) is 4.90 Å². The van der Waals surface area contributed by atoms with Crippen molar-refractivity contribution in [3.63, 3.8) is 0 Å². The van der Waals surface area contributed by atoms with Gasteiger partial charge in [0.25, 0.3) is 0 Å². The van der Waals surface area contributed by atoms with Gasteiger partial charge in [0.1, 0.15) is 6.07 Å². The molecule has 0 bridgehead atoms. The van der Waals surface area contributed by atoms with Crippen LogP contribution in [0.1, 0.15) is 31.4 Å². The van der Waals surface area contributed by atoms with E-state index >= 15 is 0 Å². The van der Waals surface area contributed by atoms with E-state index in [1.165, 1.54) is 5.56 Å². The summed E-state index contributed by atoms with van der Waals surface area (Å²) in [5.74, 6) is 0. The first kappa shape index (κ1) is 15.8. The number of hydrogen-bond donors (Lipinski definition) is 1. The Hall–Kier alpha value is -1.57. The van der Waals surface area contributed by atoms with Gasteiger partial charge in [-0.1, -0.05) is 19.9 Å². The monoisotopic (exact) mass is 286 g/mol. The minimum absolute atomic E-state index is 0.576. The average molecular weight is 286 g/mol. The largest absolute Gasteiger partial charge is 0.368 e. The third kappa shape index (κ3) is 3.75. The molecule has 1 aromatic rings. The Labute approximate surface area is 128 Å². The topological polar surface area (TPSA) is 42.3 Å². The van der Waals surface area contributed by atoms with E-state index in [1.54, 1.807) is 0 Å². The molecule has 0 radical (unpaired) electrons. The van der Waals surface area contributed by atoms with E-state index in [0.29, 0.717) is 6.04 Å². The maximum Gasteiger partial charge on any atom is 0.101 e. The molecule has 1 fully saturated rings. The highest BCUT2D eigenvalue weighted by Gasteiger charge is 2.24. The van der Waals surface area contributed by atoms with Crippen LogP contribution in [-0.4, -0.2) is 44.2 Å². The summed E-state index contributed by atoms with van der Waals surface area (Å²) in [5.41, 5.74) is 3.06. The van der Waals surface area contributed by atoms with Gasteiger partial charge in [-0.05, 0) is 37.7 Å². The van der Waals surface area contributed by atoms with Crippen LogP contribution in [0.3, 0.4) is 0 Å². The SMILES string of the molecule is CCNCc1ccc(N2CCN(C)C(CC)C2)c(C#N)c1. The molecule has 1 unspecified atom stereocenters. The summed E-state index contributed by atoms with van der Waals surface area (Å²) in [6.07, 6.45) is 1.15. The molecule has 1 aliphatic heterocycles. The Morgan fingerprint density at radius 2 is 2.14 bits per heavy atom. The van der Waals surface area contributed by atoms with Gasteiger partial charge in [0.2, 0.25) is 0 Å². The lowest BCUT2D eigenvalue weighted by molar-refractivity contribution is 0.213. The summed E-state index contributed by atoms with van der Waals surface area (Å²) >= 11 is 0. The van der Waals surface area contributed by atoms with Gasteiger partial charge in [0, 0.05) is 32.2 Å². The van der Waals surface area contributed by atoms with Crippen molar-refractivity contribution in [3.05, 3.63) is 29.3 Å². The van der Waals surface area contributed by atoms with Crippen LogP contribution in [0.4, 0.5) is 5.69 Å². The van der Waals surface area contributed by atoms with Crippen LogP contribution in [-0.2, 0) is 6.54 Å². The number of benzene rings is 1. The van der Waals surface area contributed by atoms with Crippen molar-refractivity contribution in [3.8, 4) is 6.07 Å². The van der Waals surface area contributed by atoms with Crippen molar-refractivity contribution in [1.82, 2.24) is 10.2 Å².